The van der Waals surface area contributed by atoms with Crippen molar-refractivity contribution in [2.24, 2.45) is 0 Å². The van der Waals surface area contributed by atoms with Crippen LogP contribution in [0.1, 0.15) is 19.8 Å². The summed E-state index contributed by atoms with van der Waals surface area (Å²) in [5.74, 6) is -1.50. The van der Waals surface area contributed by atoms with Crippen LogP contribution < -0.4 is 10.6 Å². The first-order chi connectivity index (χ1) is 10.5. The number of carbonyl (C=O) groups excluding carboxylic acids is 2. The number of carboxylic acids is 1. The van der Waals surface area contributed by atoms with E-state index in [9.17, 15) is 14.4 Å². The van der Waals surface area contributed by atoms with Crippen LogP contribution in [0.25, 0.3) is 0 Å². The number of rotatable bonds is 6. The van der Waals surface area contributed by atoms with Gasteiger partial charge in [-0.3, -0.25) is 19.8 Å². The van der Waals surface area contributed by atoms with Crippen LogP contribution in [-0.4, -0.2) is 46.5 Å². The summed E-state index contributed by atoms with van der Waals surface area (Å²) in [6, 6.07) is 7.47. The SMILES string of the molecule is CC(C(=O)O)N(CC(=O)NC(=O)Nc1ccccc1)C1CC1. The Morgan fingerprint density at radius 1 is 1.27 bits per heavy atom. The third-order valence-electron chi connectivity index (χ3n) is 3.48. The molecule has 1 fully saturated rings. The normalized spacial score (nSPS) is 15.2. The zero-order valence-corrected chi connectivity index (χ0v) is 12.3. The number of hydrogen-bond donors (Lipinski definition) is 3. The predicted octanol–water partition coefficient (Wildman–Crippen LogP) is 1.27. The molecular formula is C15H19N3O4. The molecule has 7 nitrogen and oxygen atoms in total. The van der Waals surface area contributed by atoms with Gasteiger partial charge in [-0.2, -0.15) is 0 Å². The van der Waals surface area contributed by atoms with Crippen molar-refractivity contribution in [1.29, 1.82) is 0 Å². The Bertz CT molecular complexity index is 557. The number of carbonyl (C=O) groups is 3. The lowest BCUT2D eigenvalue weighted by molar-refractivity contribution is -0.143. The molecule has 0 heterocycles. The molecule has 7 heteroatoms. The van der Waals surface area contributed by atoms with Gasteiger partial charge in [0.1, 0.15) is 6.04 Å². The molecule has 1 aliphatic carbocycles. The van der Waals surface area contributed by atoms with Gasteiger partial charge in [0.25, 0.3) is 0 Å². The number of urea groups is 1. The van der Waals surface area contributed by atoms with Crippen molar-refractivity contribution in [1.82, 2.24) is 10.2 Å². The molecule has 2 rings (SSSR count). The molecule has 1 aliphatic rings. The molecule has 118 valence electrons. The van der Waals surface area contributed by atoms with Crippen LogP contribution >= 0.6 is 0 Å². The summed E-state index contributed by atoms with van der Waals surface area (Å²) in [6.07, 6.45) is 1.75. The van der Waals surface area contributed by atoms with Crippen LogP contribution in [0.4, 0.5) is 10.5 Å². The lowest BCUT2D eigenvalue weighted by Crippen LogP contribution is -2.48. The van der Waals surface area contributed by atoms with E-state index in [1.165, 1.54) is 6.92 Å². The van der Waals surface area contributed by atoms with Gasteiger partial charge >= 0.3 is 12.0 Å². The molecule has 0 aromatic heterocycles. The van der Waals surface area contributed by atoms with E-state index in [2.05, 4.69) is 10.6 Å². The molecule has 0 bridgehead atoms. The number of anilines is 1. The Kier molecular flexibility index (Phi) is 5.11. The fourth-order valence-corrected chi connectivity index (χ4v) is 2.15. The largest absolute Gasteiger partial charge is 0.480 e. The topological polar surface area (TPSA) is 98.7 Å². The van der Waals surface area contributed by atoms with Gasteiger partial charge in [0.15, 0.2) is 0 Å². The van der Waals surface area contributed by atoms with Crippen LogP contribution in [-0.2, 0) is 9.59 Å². The van der Waals surface area contributed by atoms with Crippen molar-refractivity contribution >= 4 is 23.6 Å². The first-order valence-electron chi connectivity index (χ1n) is 7.12. The zero-order valence-electron chi connectivity index (χ0n) is 12.3. The highest BCUT2D eigenvalue weighted by atomic mass is 16.4. The van der Waals surface area contributed by atoms with Crippen molar-refractivity contribution in [3.05, 3.63) is 30.3 Å². The van der Waals surface area contributed by atoms with Gasteiger partial charge in [-0.25, -0.2) is 4.79 Å². The number of imide groups is 1. The third kappa shape index (κ3) is 4.56. The summed E-state index contributed by atoms with van der Waals surface area (Å²) in [5.41, 5.74) is 0.575. The van der Waals surface area contributed by atoms with Gasteiger partial charge in [0.05, 0.1) is 6.54 Å². The third-order valence-corrected chi connectivity index (χ3v) is 3.48. The molecule has 0 aliphatic heterocycles. The predicted molar refractivity (Wildman–Crippen MR) is 80.4 cm³/mol. The second kappa shape index (κ2) is 7.04. The van der Waals surface area contributed by atoms with Crippen molar-refractivity contribution in [2.75, 3.05) is 11.9 Å². The Labute approximate surface area is 128 Å². The smallest absolute Gasteiger partial charge is 0.325 e. The molecule has 0 radical (unpaired) electrons. The first kappa shape index (κ1) is 16.0. The number of aliphatic carboxylic acids is 1. The minimum absolute atomic E-state index is 0.106. The molecule has 3 N–H and O–H groups in total. The van der Waals surface area contributed by atoms with Crippen LogP contribution in [0.2, 0.25) is 0 Å². The highest BCUT2D eigenvalue weighted by Gasteiger charge is 2.36. The van der Waals surface area contributed by atoms with E-state index < -0.39 is 23.9 Å². The average molecular weight is 305 g/mol. The molecule has 1 atom stereocenters. The lowest BCUT2D eigenvalue weighted by Gasteiger charge is -2.25. The van der Waals surface area contributed by atoms with Gasteiger partial charge in [-0.05, 0) is 31.9 Å². The van der Waals surface area contributed by atoms with Crippen molar-refractivity contribution < 1.29 is 19.5 Å². The second-order valence-corrected chi connectivity index (χ2v) is 5.29. The number of nitrogens with one attached hydrogen (secondary N) is 2. The fourth-order valence-electron chi connectivity index (χ4n) is 2.15. The van der Waals surface area contributed by atoms with E-state index in [1.54, 1.807) is 29.2 Å². The highest BCUT2D eigenvalue weighted by Crippen LogP contribution is 2.28. The molecule has 1 unspecified atom stereocenters. The number of carboxylic acid groups (broad SMARTS) is 1. The number of hydrogen-bond acceptors (Lipinski definition) is 4. The molecular weight excluding hydrogens is 286 g/mol. The maximum Gasteiger partial charge on any atom is 0.325 e. The van der Waals surface area contributed by atoms with Gasteiger partial charge in [-0.1, -0.05) is 18.2 Å². The standard InChI is InChI=1S/C15H19N3O4/c1-10(14(20)21)18(12-7-8-12)9-13(19)17-15(22)16-11-5-3-2-4-6-11/h2-6,10,12H,7-9H2,1H3,(H,20,21)(H2,16,17,19,22). The van der Waals surface area contributed by atoms with Gasteiger partial charge < -0.3 is 10.4 Å². The zero-order chi connectivity index (χ0) is 16.1. The maximum absolute atomic E-state index is 11.9. The number of benzene rings is 1. The van der Waals surface area contributed by atoms with Crippen LogP contribution in [0.3, 0.4) is 0 Å². The Morgan fingerprint density at radius 3 is 2.45 bits per heavy atom. The van der Waals surface area contributed by atoms with Gasteiger partial charge in [0, 0.05) is 11.7 Å². The van der Waals surface area contributed by atoms with E-state index in [0.717, 1.165) is 12.8 Å². The van der Waals surface area contributed by atoms with Gasteiger partial charge in [0.2, 0.25) is 5.91 Å². The Morgan fingerprint density at radius 2 is 1.91 bits per heavy atom. The van der Waals surface area contributed by atoms with Crippen LogP contribution in [0.5, 0.6) is 0 Å². The number of amides is 3. The summed E-state index contributed by atoms with van der Waals surface area (Å²) in [6.45, 7) is 1.43. The Hall–Kier alpha value is -2.41. The molecule has 1 aromatic carbocycles. The minimum atomic E-state index is -0.978. The van der Waals surface area contributed by atoms with Crippen molar-refractivity contribution in [3.63, 3.8) is 0 Å². The lowest BCUT2D eigenvalue weighted by atomic mass is 10.2. The van der Waals surface area contributed by atoms with Gasteiger partial charge in [-0.15, -0.1) is 0 Å². The fraction of sp³-hybridized carbons (Fsp3) is 0.400. The number of para-hydroxylation sites is 1. The van der Waals surface area contributed by atoms with E-state index >= 15 is 0 Å². The van der Waals surface area contributed by atoms with E-state index in [-0.39, 0.29) is 12.6 Å². The monoisotopic (exact) mass is 305 g/mol. The minimum Gasteiger partial charge on any atom is -0.480 e. The molecule has 0 saturated heterocycles. The molecule has 22 heavy (non-hydrogen) atoms. The van der Waals surface area contributed by atoms with E-state index in [4.69, 9.17) is 5.11 Å². The molecule has 1 aromatic rings. The van der Waals surface area contributed by atoms with Crippen LogP contribution in [0.15, 0.2) is 30.3 Å². The highest BCUT2D eigenvalue weighted by molar-refractivity contribution is 6.01. The van der Waals surface area contributed by atoms with E-state index in [1.807, 2.05) is 6.07 Å². The molecule has 0 spiro atoms. The van der Waals surface area contributed by atoms with Crippen molar-refractivity contribution in [3.8, 4) is 0 Å². The quantitative estimate of drug-likeness (QED) is 0.735. The summed E-state index contributed by atoms with van der Waals surface area (Å²) in [7, 11) is 0. The maximum atomic E-state index is 11.9. The number of nitrogens with zero attached hydrogens (tertiary/aromatic N) is 1. The van der Waals surface area contributed by atoms with Crippen molar-refractivity contribution in [2.45, 2.75) is 31.8 Å². The van der Waals surface area contributed by atoms with Crippen LogP contribution in [0, 0.1) is 0 Å². The average Bonchev–Trinajstić information content (AvgIpc) is 3.29. The second-order valence-electron chi connectivity index (χ2n) is 5.29. The summed E-state index contributed by atoms with van der Waals surface area (Å²) >= 11 is 0. The summed E-state index contributed by atoms with van der Waals surface area (Å²) in [5, 5.41) is 13.8. The molecule has 3 amide bonds. The Balaban J connectivity index is 1.85. The van der Waals surface area contributed by atoms with E-state index in [0.29, 0.717) is 5.69 Å². The first-order valence-corrected chi connectivity index (χ1v) is 7.12. The summed E-state index contributed by atoms with van der Waals surface area (Å²) in [4.78, 5) is 36.3. The molecule has 1 saturated carbocycles. The summed E-state index contributed by atoms with van der Waals surface area (Å²) < 4.78 is 0.